The molecule has 5 heteroatoms. The molecule has 3 aromatic rings. The maximum Gasteiger partial charge on any atom is 0.123 e. The van der Waals surface area contributed by atoms with Crippen LogP contribution in [0.1, 0.15) is 22.9 Å². The number of rotatable bonds is 3. The average molecular weight is 357 g/mol. The molecule has 0 saturated heterocycles. The molecule has 0 unspecified atom stereocenters. The standard InChI is InChI=1S/C19H14ClFN2S/c20-15-4-1-2-5-17(15)23-18(19-6-3-11-24-19)12-16(22-23)13-7-9-14(21)10-8-13/h1-11,18H,12H2/t18-/m1/s1. The first-order chi connectivity index (χ1) is 11.7. The number of para-hydroxylation sites is 1. The van der Waals surface area contributed by atoms with Crippen molar-refractivity contribution < 1.29 is 4.39 Å². The SMILES string of the molecule is Fc1ccc(C2=NN(c3ccccc3Cl)[C@@H](c3cccs3)C2)cc1. The van der Waals surface area contributed by atoms with Crippen LogP contribution in [0.4, 0.5) is 10.1 Å². The predicted molar refractivity (Wildman–Crippen MR) is 98.5 cm³/mol. The van der Waals surface area contributed by atoms with Crippen LogP contribution in [0.3, 0.4) is 0 Å². The van der Waals surface area contributed by atoms with E-state index < -0.39 is 0 Å². The molecule has 1 aliphatic rings. The summed E-state index contributed by atoms with van der Waals surface area (Å²) in [5.41, 5.74) is 2.76. The van der Waals surface area contributed by atoms with Crippen molar-refractivity contribution in [1.82, 2.24) is 0 Å². The first-order valence-electron chi connectivity index (χ1n) is 7.63. The van der Waals surface area contributed by atoms with E-state index in [-0.39, 0.29) is 11.9 Å². The third-order valence-corrected chi connectivity index (χ3v) is 5.35. The highest BCUT2D eigenvalue weighted by molar-refractivity contribution is 7.10. The molecule has 0 amide bonds. The van der Waals surface area contributed by atoms with Crippen molar-refractivity contribution in [3.8, 4) is 0 Å². The Balaban J connectivity index is 1.77. The molecule has 0 fully saturated rings. The van der Waals surface area contributed by atoms with Gasteiger partial charge in [-0.15, -0.1) is 11.3 Å². The summed E-state index contributed by atoms with van der Waals surface area (Å²) < 4.78 is 13.2. The molecule has 120 valence electrons. The Kier molecular flexibility index (Phi) is 4.08. The lowest BCUT2D eigenvalue weighted by Crippen LogP contribution is -2.17. The maximum absolute atomic E-state index is 13.2. The summed E-state index contributed by atoms with van der Waals surface area (Å²) in [6, 6.07) is 18.4. The van der Waals surface area contributed by atoms with Gasteiger partial charge >= 0.3 is 0 Å². The minimum absolute atomic E-state index is 0.102. The van der Waals surface area contributed by atoms with Crippen LogP contribution in [0, 0.1) is 5.82 Å². The molecule has 0 saturated carbocycles. The molecule has 0 aliphatic carbocycles. The van der Waals surface area contributed by atoms with Gasteiger partial charge in [-0.25, -0.2) is 4.39 Å². The zero-order chi connectivity index (χ0) is 16.5. The molecule has 2 nitrogen and oxygen atoms in total. The summed E-state index contributed by atoms with van der Waals surface area (Å²) in [6.45, 7) is 0. The van der Waals surface area contributed by atoms with E-state index >= 15 is 0 Å². The van der Waals surface area contributed by atoms with E-state index in [0.29, 0.717) is 5.02 Å². The third kappa shape index (κ3) is 2.83. The highest BCUT2D eigenvalue weighted by atomic mass is 35.5. The van der Waals surface area contributed by atoms with Gasteiger partial charge < -0.3 is 0 Å². The van der Waals surface area contributed by atoms with Crippen LogP contribution in [0.15, 0.2) is 71.1 Å². The summed E-state index contributed by atoms with van der Waals surface area (Å²) in [6.07, 6.45) is 0.761. The van der Waals surface area contributed by atoms with Crippen molar-refractivity contribution in [1.29, 1.82) is 0 Å². The Labute approximate surface area is 148 Å². The smallest absolute Gasteiger partial charge is 0.123 e. The van der Waals surface area contributed by atoms with Crippen molar-refractivity contribution >= 4 is 34.3 Å². The molecule has 2 aromatic carbocycles. The number of nitrogens with zero attached hydrogens (tertiary/aromatic N) is 2. The fourth-order valence-electron chi connectivity index (χ4n) is 2.89. The molecule has 4 rings (SSSR count). The second-order valence-electron chi connectivity index (χ2n) is 5.58. The topological polar surface area (TPSA) is 15.6 Å². The van der Waals surface area contributed by atoms with Crippen molar-refractivity contribution in [3.63, 3.8) is 0 Å². The van der Waals surface area contributed by atoms with Gasteiger partial charge in [0.05, 0.1) is 22.5 Å². The summed E-state index contributed by atoms with van der Waals surface area (Å²) in [7, 11) is 0. The number of anilines is 1. The van der Waals surface area contributed by atoms with Gasteiger partial charge in [-0.05, 0) is 41.3 Å². The minimum atomic E-state index is -0.241. The zero-order valence-electron chi connectivity index (χ0n) is 12.7. The van der Waals surface area contributed by atoms with Gasteiger partial charge in [-0.3, -0.25) is 5.01 Å². The first-order valence-corrected chi connectivity index (χ1v) is 8.89. The van der Waals surface area contributed by atoms with Crippen molar-refractivity contribution in [3.05, 3.63) is 87.3 Å². The lowest BCUT2D eigenvalue weighted by Gasteiger charge is -2.23. The summed E-state index contributed by atoms with van der Waals surface area (Å²) >= 11 is 8.09. The number of benzene rings is 2. The molecule has 0 radical (unpaired) electrons. The number of hydrogen-bond acceptors (Lipinski definition) is 3. The van der Waals surface area contributed by atoms with E-state index in [4.69, 9.17) is 16.7 Å². The van der Waals surface area contributed by atoms with Gasteiger partial charge in [0.2, 0.25) is 0 Å². The number of halogens is 2. The van der Waals surface area contributed by atoms with Crippen LogP contribution in [-0.4, -0.2) is 5.71 Å². The van der Waals surface area contributed by atoms with Gasteiger partial charge in [0.25, 0.3) is 0 Å². The van der Waals surface area contributed by atoms with E-state index in [2.05, 4.69) is 11.4 Å². The summed E-state index contributed by atoms with van der Waals surface area (Å²) in [5.74, 6) is -0.241. The molecule has 1 aromatic heterocycles. The van der Waals surface area contributed by atoms with Crippen LogP contribution >= 0.6 is 22.9 Å². The lowest BCUT2D eigenvalue weighted by atomic mass is 10.0. The Morgan fingerprint density at radius 1 is 1.04 bits per heavy atom. The largest absolute Gasteiger partial charge is 0.255 e. The lowest BCUT2D eigenvalue weighted by molar-refractivity contribution is 0.627. The Morgan fingerprint density at radius 3 is 2.54 bits per heavy atom. The molecular weight excluding hydrogens is 343 g/mol. The Bertz CT molecular complexity index is 875. The fourth-order valence-corrected chi connectivity index (χ4v) is 3.92. The predicted octanol–water partition coefficient (Wildman–Crippen LogP) is 5.90. The molecular formula is C19H14ClFN2S. The van der Waals surface area contributed by atoms with E-state index in [1.807, 2.05) is 35.3 Å². The first kappa shape index (κ1) is 15.4. The molecule has 2 heterocycles. The molecule has 1 atom stereocenters. The van der Waals surface area contributed by atoms with E-state index in [0.717, 1.165) is 23.4 Å². The van der Waals surface area contributed by atoms with Gasteiger partial charge in [0.1, 0.15) is 5.82 Å². The Morgan fingerprint density at radius 2 is 1.83 bits per heavy atom. The zero-order valence-corrected chi connectivity index (χ0v) is 14.3. The highest BCUT2D eigenvalue weighted by Crippen LogP contribution is 2.40. The van der Waals surface area contributed by atoms with Crippen molar-refractivity contribution in [2.45, 2.75) is 12.5 Å². The third-order valence-electron chi connectivity index (χ3n) is 4.06. The highest BCUT2D eigenvalue weighted by Gasteiger charge is 2.31. The van der Waals surface area contributed by atoms with Crippen LogP contribution in [0.5, 0.6) is 0 Å². The minimum Gasteiger partial charge on any atom is -0.255 e. The fraction of sp³-hybridized carbons (Fsp3) is 0.105. The van der Waals surface area contributed by atoms with Crippen LogP contribution in [0.2, 0.25) is 5.02 Å². The average Bonchev–Trinajstić information content (AvgIpc) is 3.25. The second-order valence-corrected chi connectivity index (χ2v) is 6.97. The summed E-state index contributed by atoms with van der Waals surface area (Å²) in [4.78, 5) is 1.23. The van der Waals surface area contributed by atoms with Crippen LogP contribution in [-0.2, 0) is 0 Å². The molecule has 0 N–H and O–H groups in total. The van der Waals surface area contributed by atoms with Crippen molar-refractivity contribution in [2.24, 2.45) is 5.10 Å². The normalized spacial score (nSPS) is 17.2. The molecule has 0 spiro atoms. The number of thiophene rings is 1. The van der Waals surface area contributed by atoms with Gasteiger partial charge in [-0.1, -0.05) is 41.9 Å². The van der Waals surface area contributed by atoms with Gasteiger partial charge in [-0.2, -0.15) is 5.10 Å². The monoisotopic (exact) mass is 356 g/mol. The van der Waals surface area contributed by atoms with E-state index in [1.54, 1.807) is 23.5 Å². The van der Waals surface area contributed by atoms with Gasteiger partial charge in [0, 0.05) is 11.3 Å². The van der Waals surface area contributed by atoms with Crippen LogP contribution < -0.4 is 5.01 Å². The van der Waals surface area contributed by atoms with Crippen molar-refractivity contribution in [2.75, 3.05) is 5.01 Å². The van der Waals surface area contributed by atoms with E-state index in [9.17, 15) is 4.39 Å². The number of hydrazone groups is 1. The van der Waals surface area contributed by atoms with Gasteiger partial charge in [0.15, 0.2) is 0 Å². The number of hydrogen-bond donors (Lipinski definition) is 0. The molecule has 1 aliphatic heterocycles. The van der Waals surface area contributed by atoms with E-state index in [1.165, 1.54) is 17.0 Å². The Hall–Kier alpha value is -2.17. The molecule has 0 bridgehead atoms. The molecule has 24 heavy (non-hydrogen) atoms. The van der Waals surface area contributed by atoms with Crippen LogP contribution in [0.25, 0.3) is 0 Å². The maximum atomic E-state index is 13.2. The quantitative estimate of drug-likeness (QED) is 0.570. The summed E-state index contributed by atoms with van der Waals surface area (Å²) in [5, 5.41) is 9.52. The second kappa shape index (κ2) is 6.38.